The number of anilines is 1. The number of rotatable bonds is 6. The summed E-state index contributed by atoms with van der Waals surface area (Å²) in [5.74, 6) is 0. The van der Waals surface area contributed by atoms with Gasteiger partial charge in [-0.05, 0) is 30.5 Å². The van der Waals surface area contributed by atoms with Crippen LogP contribution >= 0.6 is 11.6 Å². The van der Waals surface area contributed by atoms with Crippen molar-refractivity contribution in [2.24, 2.45) is 0 Å². The topological polar surface area (TPSA) is 12.0 Å². The Kier molecular flexibility index (Phi) is 5.94. The first-order valence-corrected chi connectivity index (χ1v) is 5.88. The Hall–Kier alpha value is -0.950. The molecule has 0 radical (unpaired) electrons. The summed E-state index contributed by atoms with van der Waals surface area (Å²) >= 11 is 5.43. The molecule has 0 aliphatic rings. The second-order valence-electron chi connectivity index (χ2n) is 3.54. The van der Waals surface area contributed by atoms with E-state index >= 15 is 0 Å². The van der Waals surface area contributed by atoms with E-state index < -0.39 is 0 Å². The number of nitrogens with one attached hydrogen (secondary N) is 1. The molecular formula is C13H18ClN. The maximum atomic E-state index is 5.43. The van der Waals surface area contributed by atoms with E-state index in [1.807, 2.05) is 6.08 Å². The van der Waals surface area contributed by atoms with Crippen molar-refractivity contribution in [3.63, 3.8) is 0 Å². The van der Waals surface area contributed by atoms with Gasteiger partial charge in [0, 0.05) is 17.8 Å². The molecule has 0 saturated heterocycles. The van der Waals surface area contributed by atoms with E-state index in [1.54, 1.807) is 0 Å². The summed E-state index contributed by atoms with van der Waals surface area (Å²) in [4.78, 5) is 0. The van der Waals surface area contributed by atoms with Gasteiger partial charge in [0.05, 0.1) is 0 Å². The highest BCUT2D eigenvalue weighted by atomic mass is 35.5. The maximum Gasteiger partial charge on any atom is 0.0342 e. The molecule has 0 saturated carbocycles. The molecule has 1 rings (SSSR count). The number of hydrogen-bond acceptors (Lipinski definition) is 1. The molecule has 2 heteroatoms. The minimum Gasteiger partial charge on any atom is -0.382 e. The van der Waals surface area contributed by atoms with Crippen LogP contribution in [-0.4, -0.2) is 6.54 Å². The van der Waals surface area contributed by atoms with Crippen LogP contribution in [0.1, 0.15) is 25.3 Å². The third-order valence-electron chi connectivity index (χ3n) is 2.29. The SMILES string of the molecule is CCCCc1ccc(NC/C=C/Cl)cc1. The number of benzene rings is 1. The molecule has 0 bridgehead atoms. The van der Waals surface area contributed by atoms with E-state index in [9.17, 15) is 0 Å². The zero-order valence-electron chi connectivity index (χ0n) is 9.17. The van der Waals surface area contributed by atoms with Crippen LogP contribution in [0.5, 0.6) is 0 Å². The second-order valence-corrected chi connectivity index (χ2v) is 3.80. The van der Waals surface area contributed by atoms with E-state index in [1.165, 1.54) is 30.4 Å². The minimum absolute atomic E-state index is 0.776. The van der Waals surface area contributed by atoms with Crippen LogP contribution in [0.15, 0.2) is 35.9 Å². The quantitative estimate of drug-likeness (QED) is 0.763. The van der Waals surface area contributed by atoms with Gasteiger partial charge in [-0.2, -0.15) is 0 Å². The molecule has 0 aliphatic carbocycles. The average Bonchev–Trinajstić information content (AvgIpc) is 2.28. The van der Waals surface area contributed by atoms with Crippen LogP contribution in [0.25, 0.3) is 0 Å². The normalized spacial score (nSPS) is 10.8. The molecule has 0 spiro atoms. The lowest BCUT2D eigenvalue weighted by Crippen LogP contribution is -1.97. The van der Waals surface area contributed by atoms with Gasteiger partial charge in [-0.25, -0.2) is 0 Å². The first kappa shape index (κ1) is 12.1. The van der Waals surface area contributed by atoms with Gasteiger partial charge in [0.25, 0.3) is 0 Å². The zero-order valence-corrected chi connectivity index (χ0v) is 9.93. The van der Waals surface area contributed by atoms with Crippen molar-refractivity contribution >= 4 is 17.3 Å². The largest absolute Gasteiger partial charge is 0.382 e. The van der Waals surface area contributed by atoms with Gasteiger partial charge >= 0.3 is 0 Å². The molecule has 0 aliphatic heterocycles. The molecule has 0 aromatic heterocycles. The molecule has 1 N–H and O–H groups in total. The molecule has 82 valence electrons. The third kappa shape index (κ3) is 4.89. The Labute approximate surface area is 97.1 Å². The van der Waals surface area contributed by atoms with Crippen molar-refractivity contribution < 1.29 is 0 Å². The highest BCUT2D eigenvalue weighted by Gasteiger charge is 1.93. The fourth-order valence-electron chi connectivity index (χ4n) is 1.39. The monoisotopic (exact) mass is 223 g/mol. The minimum atomic E-state index is 0.776. The average molecular weight is 224 g/mol. The van der Waals surface area contributed by atoms with Crippen molar-refractivity contribution in [2.45, 2.75) is 26.2 Å². The maximum absolute atomic E-state index is 5.43. The Morgan fingerprint density at radius 1 is 1.27 bits per heavy atom. The van der Waals surface area contributed by atoms with Crippen LogP contribution in [0.3, 0.4) is 0 Å². The van der Waals surface area contributed by atoms with Crippen molar-refractivity contribution in [3.8, 4) is 0 Å². The summed E-state index contributed by atoms with van der Waals surface area (Å²) < 4.78 is 0. The summed E-state index contributed by atoms with van der Waals surface area (Å²) in [5, 5.41) is 3.26. The van der Waals surface area contributed by atoms with Gasteiger partial charge in [0.2, 0.25) is 0 Å². The van der Waals surface area contributed by atoms with E-state index in [-0.39, 0.29) is 0 Å². The molecule has 0 fully saturated rings. The lowest BCUT2D eigenvalue weighted by Gasteiger charge is -2.04. The molecule has 1 aromatic rings. The van der Waals surface area contributed by atoms with Gasteiger partial charge in [0.15, 0.2) is 0 Å². The van der Waals surface area contributed by atoms with Gasteiger partial charge in [-0.1, -0.05) is 43.2 Å². The van der Waals surface area contributed by atoms with Crippen molar-refractivity contribution in [1.82, 2.24) is 0 Å². The Balaban J connectivity index is 2.41. The molecule has 1 aromatic carbocycles. The smallest absolute Gasteiger partial charge is 0.0342 e. The van der Waals surface area contributed by atoms with E-state index in [0.717, 1.165) is 12.2 Å². The summed E-state index contributed by atoms with van der Waals surface area (Å²) in [6, 6.07) is 8.60. The summed E-state index contributed by atoms with van der Waals surface area (Å²) in [5.41, 5.74) is 4.09. The van der Waals surface area contributed by atoms with Crippen LogP contribution in [0.4, 0.5) is 5.69 Å². The van der Waals surface area contributed by atoms with Gasteiger partial charge < -0.3 is 5.32 Å². The van der Waals surface area contributed by atoms with E-state index in [2.05, 4.69) is 36.5 Å². The summed E-state index contributed by atoms with van der Waals surface area (Å²) in [7, 11) is 0. The Bertz CT molecular complexity index is 290. The number of aryl methyl sites for hydroxylation is 1. The Morgan fingerprint density at radius 2 is 2.00 bits per heavy atom. The van der Waals surface area contributed by atoms with Gasteiger partial charge in [-0.15, -0.1) is 0 Å². The highest BCUT2D eigenvalue weighted by molar-refractivity contribution is 6.25. The van der Waals surface area contributed by atoms with Crippen molar-refractivity contribution in [2.75, 3.05) is 11.9 Å². The molecule has 0 amide bonds. The Morgan fingerprint density at radius 3 is 2.60 bits per heavy atom. The lowest BCUT2D eigenvalue weighted by atomic mass is 10.1. The number of hydrogen-bond donors (Lipinski definition) is 1. The second kappa shape index (κ2) is 7.36. The summed E-state index contributed by atoms with van der Waals surface area (Å²) in [6.45, 7) is 2.99. The van der Waals surface area contributed by atoms with Crippen LogP contribution in [0, 0.1) is 0 Å². The predicted molar refractivity (Wildman–Crippen MR) is 68.5 cm³/mol. The van der Waals surface area contributed by atoms with Gasteiger partial charge in [0.1, 0.15) is 0 Å². The van der Waals surface area contributed by atoms with E-state index in [0.29, 0.717) is 0 Å². The first-order chi connectivity index (χ1) is 7.36. The van der Waals surface area contributed by atoms with E-state index in [4.69, 9.17) is 11.6 Å². The first-order valence-electron chi connectivity index (χ1n) is 5.45. The molecule has 15 heavy (non-hydrogen) atoms. The number of halogens is 1. The predicted octanol–water partition coefficient (Wildman–Crippen LogP) is 4.19. The highest BCUT2D eigenvalue weighted by Crippen LogP contribution is 2.11. The fourth-order valence-corrected chi connectivity index (χ4v) is 1.48. The van der Waals surface area contributed by atoms with Crippen LogP contribution in [0.2, 0.25) is 0 Å². The van der Waals surface area contributed by atoms with Gasteiger partial charge in [-0.3, -0.25) is 0 Å². The lowest BCUT2D eigenvalue weighted by molar-refractivity contribution is 0.795. The molecule has 0 unspecified atom stereocenters. The van der Waals surface area contributed by atoms with Crippen molar-refractivity contribution in [1.29, 1.82) is 0 Å². The standard InChI is InChI=1S/C13H18ClN/c1-2-3-5-12-6-8-13(9-7-12)15-11-4-10-14/h4,6-10,15H,2-3,5,11H2,1H3/b10-4+. The third-order valence-corrected chi connectivity index (χ3v) is 2.46. The summed E-state index contributed by atoms with van der Waals surface area (Å²) in [6.07, 6.45) is 5.58. The molecule has 0 heterocycles. The number of unbranched alkanes of at least 4 members (excludes halogenated alkanes) is 1. The molecule has 1 nitrogen and oxygen atoms in total. The van der Waals surface area contributed by atoms with Crippen molar-refractivity contribution in [3.05, 3.63) is 41.4 Å². The fraction of sp³-hybridized carbons (Fsp3) is 0.385. The van der Waals surface area contributed by atoms with Crippen LogP contribution in [-0.2, 0) is 6.42 Å². The zero-order chi connectivity index (χ0) is 10.9. The molecule has 0 atom stereocenters. The van der Waals surface area contributed by atoms with Crippen LogP contribution < -0.4 is 5.32 Å². The molecular weight excluding hydrogens is 206 g/mol.